The van der Waals surface area contributed by atoms with Crippen LogP contribution < -0.4 is 5.32 Å². The molecule has 0 spiro atoms. The first-order valence-electron chi connectivity index (χ1n) is 9.30. The average molecular weight is 372 g/mol. The number of nitrogens with zero attached hydrogens (tertiary/aromatic N) is 1. The molecule has 0 radical (unpaired) electrons. The number of likely N-dealkylation sites (tertiary alicyclic amines) is 1. The van der Waals surface area contributed by atoms with Crippen LogP contribution in [0.2, 0.25) is 0 Å². The van der Waals surface area contributed by atoms with E-state index >= 15 is 0 Å². The van der Waals surface area contributed by atoms with Crippen molar-refractivity contribution in [3.8, 4) is 0 Å². The van der Waals surface area contributed by atoms with E-state index in [1.165, 1.54) is 0 Å². The molecule has 2 rings (SSSR count). The van der Waals surface area contributed by atoms with Gasteiger partial charge in [0.2, 0.25) is 0 Å². The molecule has 1 aromatic carbocycles. The number of carbonyl (C=O) groups excluding carboxylic acids is 1. The number of allylic oxidation sites excluding steroid dienone is 3. The highest BCUT2D eigenvalue weighted by atomic mass is 16.6. The number of carboxylic acid groups (broad SMARTS) is 1. The molecule has 6 heteroatoms. The molecule has 0 bridgehead atoms. The number of carboxylic acids is 1. The molecular weight excluding hydrogens is 344 g/mol. The summed E-state index contributed by atoms with van der Waals surface area (Å²) in [6, 6.07) is 9.87. The quantitative estimate of drug-likeness (QED) is 0.714. The summed E-state index contributed by atoms with van der Waals surface area (Å²) in [7, 11) is 0. The summed E-state index contributed by atoms with van der Waals surface area (Å²) < 4.78 is 5.57. The number of alkyl carbamates (subject to hydrolysis) is 1. The van der Waals surface area contributed by atoms with Crippen LogP contribution in [0.25, 0.3) is 5.57 Å². The Bertz CT molecular complexity index is 689. The van der Waals surface area contributed by atoms with Crippen molar-refractivity contribution in [1.82, 2.24) is 10.2 Å². The number of benzene rings is 1. The first-order chi connectivity index (χ1) is 13.0. The SMILES string of the molecule is C/C=C\C(NC(=O)OC1CCN(CCC(=O)O)CC1)=C(/C)c1ccccc1. The Morgan fingerprint density at radius 1 is 1.26 bits per heavy atom. The Balaban J connectivity index is 1.89. The standard InChI is InChI=1S/C21H28N2O4/c1-3-7-19(16(2)17-8-5-4-6-9-17)22-21(26)27-18-10-13-23(14-11-18)15-12-20(24)25/h3-9,18H,10-15H2,1-2H3,(H,22,26)(H,24,25)/b7-3-,19-16-. The molecule has 0 aromatic heterocycles. The van der Waals surface area contributed by atoms with Crippen molar-refractivity contribution >= 4 is 17.6 Å². The number of ether oxygens (including phenoxy) is 1. The predicted molar refractivity (Wildman–Crippen MR) is 105 cm³/mol. The van der Waals surface area contributed by atoms with Gasteiger partial charge in [0.25, 0.3) is 0 Å². The molecule has 0 saturated carbocycles. The molecule has 27 heavy (non-hydrogen) atoms. The Hall–Kier alpha value is -2.60. The Labute approximate surface area is 160 Å². The lowest BCUT2D eigenvalue weighted by atomic mass is 10.1. The Morgan fingerprint density at radius 2 is 1.93 bits per heavy atom. The maximum absolute atomic E-state index is 12.3. The van der Waals surface area contributed by atoms with Gasteiger partial charge >= 0.3 is 12.1 Å². The van der Waals surface area contributed by atoms with E-state index in [4.69, 9.17) is 9.84 Å². The van der Waals surface area contributed by atoms with Gasteiger partial charge in [-0.05, 0) is 43.9 Å². The van der Waals surface area contributed by atoms with Crippen LogP contribution in [-0.2, 0) is 9.53 Å². The van der Waals surface area contributed by atoms with Crippen LogP contribution in [0.4, 0.5) is 4.79 Å². The molecule has 1 aliphatic heterocycles. The molecule has 1 amide bonds. The fourth-order valence-corrected chi connectivity index (χ4v) is 3.07. The van der Waals surface area contributed by atoms with Gasteiger partial charge in [-0.1, -0.05) is 36.4 Å². The van der Waals surface area contributed by atoms with Gasteiger partial charge in [0, 0.05) is 25.3 Å². The summed E-state index contributed by atoms with van der Waals surface area (Å²) in [5, 5.41) is 11.6. The summed E-state index contributed by atoms with van der Waals surface area (Å²) in [5.41, 5.74) is 2.72. The highest BCUT2D eigenvalue weighted by Crippen LogP contribution is 2.18. The van der Waals surface area contributed by atoms with E-state index in [9.17, 15) is 9.59 Å². The minimum absolute atomic E-state index is 0.141. The second-order valence-electron chi connectivity index (χ2n) is 6.62. The minimum atomic E-state index is -0.787. The zero-order valence-electron chi connectivity index (χ0n) is 16.0. The van der Waals surface area contributed by atoms with E-state index in [0.717, 1.165) is 24.2 Å². The minimum Gasteiger partial charge on any atom is -0.481 e. The lowest BCUT2D eigenvalue weighted by Gasteiger charge is -2.31. The largest absolute Gasteiger partial charge is 0.481 e. The highest BCUT2D eigenvalue weighted by molar-refractivity contribution is 5.77. The van der Waals surface area contributed by atoms with Gasteiger partial charge in [0.1, 0.15) is 6.10 Å². The topological polar surface area (TPSA) is 78.9 Å². The smallest absolute Gasteiger partial charge is 0.411 e. The van der Waals surface area contributed by atoms with Crippen LogP contribution in [0.15, 0.2) is 48.2 Å². The molecule has 0 atom stereocenters. The van der Waals surface area contributed by atoms with Gasteiger partial charge in [0.05, 0.1) is 6.42 Å². The van der Waals surface area contributed by atoms with Crippen molar-refractivity contribution in [1.29, 1.82) is 0 Å². The molecule has 1 fully saturated rings. The molecule has 0 aliphatic carbocycles. The van der Waals surface area contributed by atoms with E-state index < -0.39 is 12.1 Å². The van der Waals surface area contributed by atoms with Crippen LogP contribution in [0.5, 0.6) is 0 Å². The molecule has 146 valence electrons. The van der Waals surface area contributed by atoms with Crippen molar-refractivity contribution in [2.75, 3.05) is 19.6 Å². The first kappa shape index (κ1) is 20.7. The summed E-state index contributed by atoms with van der Waals surface area (Å²) in [6.07, 6.45) is 4.71. The van der Waals surface area contributed by atoms with Gasteiger partial charge in [-0.15, -0.1) is 0 Å². The third-order valence-corrected chi connectivity index (χ3v) is 4.63. The van der Waals surface area contributed by atoms with Crippen molar-refractivity contribution in [3.63, 3.8) is 0 Å². The zero-order chi connectivity index (χ0) is 19.6. The van der Waals surface area contributed by atoms with Crippen LogP contribution in [-0.4, -0.2) is 47.8 Å². The third-order valence-electron chi connectivity index (χ3n) is 4.63. The van der Waals surface area contributed by atoms with E-state index in [-0.39, 0.29) is 12.5 Å². The van der Waals surface area contributed by atoms with Crippen LogP contribution in [0, 0.1) is 0 Å². The monoisotopic (exact) mass is 372 g/mol. The Kier molecular flexibility index (Phi) is 8.07. The molecule has 2 N–H and O–H groups in total. The summed E-state index contributed by atoms with van der Waals surface area (Å²) in [5.74, 6) is -0.787. The lowest BCUT2D eigenvalue weighted by Crippen LogP contribution is -2.40. The van der Waals surface area contributed by atoms with E-state index in [1.807, 2.05) is 56.3 Å². The Morgan fingerprint density at radius 3 is 2.52 bits per heavy atom. The molecule has 6 nitrogen and oxygen atoms in total. The van der Waals surface area contributed by atoms with Gasteiger partial charge in [-0.3, -0.25) is 10.1 Å². The first-order valence-corrected chi connectivity index (χ1v) is 9.30. The van der Waals surface area contributed by atoms with Crippen LogP contribution in [0.3, 0.4) is 0 Å². The van der Waals surface area contributed by atoms with Crippen molar-refractivity contribution in [2.24, 2.45) is 0 Å². The number of hydrogen-bond donors (Lipinski definition) is 2. The molecule has 1 heterocycles. The van der Waals surface area contributed by atoms with Crippen molar-refractivity contribution in [2.45, 2.75) is 39.2 Å². The van der Waals surface area contributed by atoms with Gasteiger partial charge in [-0.2, -0.15) is 0 Å². The number of hydrogen-bond acceptors (Lipinski definition) is 4. The number of rotatable bonds is 7. The predicted octanol–water partition coefficient (Wildman–Crippen LogP) is 3.66. The van der Waals surface area contributed by atoms with E-state index in [0.29, 0.717) is 25.1 Å². The highest BCUT2D eigenvalue weighted by Gasteiger charge is 2.22. The van der Waals surface area contributed by atoms with Crippen molar-refractivity contribution in [3.05, 3.63) is 53.7 Å². The summed E-state index contributed by atoms with van der Waals surface area (Å²) in [6.45, 7) is 5.89. The second kappa shape index (κ2) is 10.5. The maximum atomic E-state index is 12.3. The molecule has 1 saturated heterocycles. The number of piperidine rings is 1. The fraction of sp³-hybridized carbons (Fsp3) is 0.429. The van der Waals surface area contributed by atoms with Gasteiger partial charge < -0.3 is 14.7 Å². The number of aliphatic carboxylic acids is 1. The maximum Gasteiger partial charge on any atom is 0.411 e. The molecular formula is C21H28N2O4. The van der Waals surface area contributed by atoms with E-state index in [2.05, 4.69) is 10.2 Å². The van der Waals surface area contributed by atoms with Crippen LogP contribution in [0.1, 0.15) is 38.7 Å². The average Bonchev–Trinajstić information content (AvgIpc) is 2.67. The van der Waals surface area contributed by atoms with Crippen molar-refractivity contribution < 1.29 is 19.4 Å². The van der Waals surface area contributed by atoms with Gasteiger partial charge in [-0.25, -0.2) is 4.79 Å². The van der Waals surface area contributed by atoms with Crippen LogP contribution >= 0.6 is 0 Å². The normalized spacial score (nSPS) is 16.8. The fourth-order valence-electron chi connectivity index (χ4n) is 3.07. The number of nitrogens with one attached hydrogen (secondary N) is 1. The molecule has 1 aromatic rings. The molecule has 1 aliphatic rings. The number of amides is 1. The third kappa shape index (κ3) is 6.90. The zero-order valence-corrected chi connectivity index (χ0v) is 16.0. The molecule has 0 unspecified atom stereocenters. The van der Waals surface area contributed by atoms with Gasteiger partial charge in [0.15, 0.2) is 0 Å². The summed E-state index contributed by atoms with van der Waals surface area (Å²) >= 11 is 0. The second-order valence-corrected chi connectivity index (χ2v) is 6.62. The number of carbonyl (C=O) groups is 2. The lowest BCUT2D eigenvalue weighted by molar-refractivity contribution is -0.137. The summed E-state index contributed by atoms with van der Waals surface area (Å²) in [4.78, 5) is 25.1. The van der Waals surface area contributed by atoms with E-state index in [1.54, 1.807) is 0 Å².